The van der Waals surface area contributed by atoms with Crippen LogP contribution in [-0.4, -0.2) is 36.1 Å². The van der Waals surface area contributed by atoms with E-state index in [4.69, 9.17) is 20.8 Å². The number of carbonyl (C=O) groups is 1. The van der Waals surface area contributed by atoms with Crippen LogP contribution in [-0.2, 0) is 16.1 Å². The molecule has 2 atom stereocenters. The molecule has 1 saturated heterocycles. The van der Waals surface area contributed by atoms with Gasteiger partial charge in [-0.2, -0.15) is 4.98 Å². The number of hydrogen-bond donors (Lipinski definition) is 1. The van der Waals surface area contributed by atoms with E-state index in [1.165, 1.54) is 5.56 Å². The molecule has 2 heterocycles. The zero-order valence-corrected chi connectivity index (χ0v) is 18.8. The Hall–Kier alpha value is -2.57. The molecule has 7 heteroatoms. The molecule has 0 spiro atoms. The van der Waals surface area contributed by atoms with Crippen LogP contribution in [0.25, 0.3) is 11.1 Å². The molecule has 2 aliphatic rings. The lowest BCUT2D eigenvalue weighted by Gasteiger charge is -2.31. The highest BCUT2D eigenvalue weighted by atomic mass is 35.5. The summed E-state index contributed by atoms with van der Waals surface area (Å²) in [5.41, 5.74) is 2.65. The Morgan fingerprint density at radius 2 is 1.94 bits per heavy atom. The molecule has 1 unspecified atom stereocenters. The van der Waals surface area contributed by atoms with Crippen LogP contribution in [0.3, 0.4) is 0 Å². The van der Waals surface area contributed by atoms with Crippen molar-refractivity contribution >= 4 is 34.6 Å². The van der Waals surface area contributed by atoms with E-state index in [0.29, 0.717) is 17.6 Å². The minimum Gasteiger partial charge on any atom is -0.423 e. The van der Waals surface area contributed by atoms with Gasteiger partial charge in [0.2, 0.25) is 5.91 Å². The molecule has 2 fully saturated rings. The van der Waals surface area contributed by atoms with Crippen molar-refractivity contribution in [2.24, 2.45) is 5.92 Å². The summed E-state index contributed by atoms with van der Waals surface area (Å²) >= 11 is 6.05. The van der Waals surface area contributed by atoms with Gasteiger partial charge < -0.3 is 19.4 Å². The van der Waals surface area contributed by atoms with Crippen LogP contribution in [0.5, 0.6) is 0 Å². The lowest BCUT2D eigenvalue weighted by molar-refractivity contribution is -0.127. The lowest BCUT2D eigenvalue weighted by Crippen LogP contribution is -2.46. The van der Waals surface area contributed by atoms with Crippen molar-refractivity contribution in [2.45, 2.75) is 50.9 Å². The summed E-state index contributed by atoms with van der Waals surface area (Å²) in [4.78, 5) is 19.6. The van der Waals surface area contributed by atoms with E-state index in [1.807, 2.05) is 30.3 Å². The molecule has 2 aromatic carbocycles. The molecule has 1 saturated carbocycles. The van der Waals surface area contributed by atoms with Gasteiger partial charge in [-0.15, -0.1) is 0 Å². The first-order valence-corrected chi connectivity index (χ1v) is 11.8. The summed E-state index contributed by atoms with van der Waals surface area (Å²) in [7, 11) is 0. The van der Waals surface area contributed by atoms with Gasteiger partial charge in [-0.25, -0.2) is 0 Å². The number of anilines is 1. The van der Waals surface area contributed by atoms with Crippen molar-refractivity contribution in [3.05, 3.63) is 59.1 Å². The molecule has 1 aliphatic carbocycles. The van der Waals surface area contributed by atoms with Crippen LogP contribution in [0, 0.1) is 5.92 Å². The molecule has 0 bridgehead atoms. The van der Waals surface area contributed by atoms with Crippen molar-refractivity contribution in [3.63, 3.8) is 0 Å². The fourth-order valence-corrected chi connectivity index (χ4v) is 4.89. The van der Waals surface area contributed by atoms with E-state index < -0.39 is 0 Å². The second-order valence-electron chi connectivity index (χ2n) is 8.75. The highest BCUT2D eigenvalue weighted by Gasteiger charge is 2.33. The minimum absolute atomic E-state index is 0.0143. The summed E-state index contributed by atoms with van der Waals surface area (Å²) in [5, 5.41) is 3.93. The maximum Gasteiger partial charge on any atom is 0.298 e. The number of carbonyl (C=O) groups excluding carboxylic acids is 1. The third-order valence-electron chi connectivity index (χ3n) is 6.56. The number of ether oxygens (including phenoxy) is 1. The van der Waals surface area contributed by atoms with Crippen LogP contribution in [0.4, 0.5) is 6.01 Å². The van der Waals surface area contributed by atoms with E-state index in [-0.39, 0.29) is 24.0 Å². The van der Waals surface area contributed by atoms with Crippen molar-refractivity contribution in [1.82, 2.24) is 10.3 Å². The van der Waals surface area contributed by atoms with Crippen molar-refractivity contribution in [2.75, 3.05) is 18.0 Å². The molecule has 1 aliphatic heterocycles. The first-order chi connectivity index (χ1) is 15.7. The number of oxazole rings is 1. The molecule has 1 aromatic heterocycles. The number of nitrogens with zero attached hydrogens (tertiary/aromatic N) is 2. The zero-order valence-electron chi connectivity index (χ0n) is 18.0. The Labute approximate surface area is 192 Å². The summed E-state index contributed by atoms with van der Waals surface area (Å²) in [6.45, 7) is 2.08. The van der Waals surface area contributed by atoms with Crippen LogP contribution in [0.2, 0.25) is 5.02 Å². The number of piperidine rings is 1. The van der Waals surface area contributed by atoms with Gasteiger partial charge in [0.15, 0.2) is 5.58 Å². The van der Waals surface area contributed by atoms with E-state index in [1.54, 1.807) is 6.07 Å². The van der Waals surface area contributed by atoms with Gasteiger partial charge in [0.1, 0.15) is 5.52 Å². The number of benzene rings is 2. The van der Waals surface area contributed by atoms with Crippen LogP contribution >= 0.6 is 11.6 Å². The lowest BCUT2D eigenvalue weighted by atomic mass is 9.95. The average Bonchev–Trinajstić information content (AvgIpc) is 3.44. The minimum atomic E-state index is 0.0143. The standard InChI is InChI=1S/C25H28ClN3O3/c26-19-9-10-23-21(15-19)28-25(32-23)29-13-11-18(12-14-29)24(30)27-20-7-4-8-22(20)31-16-17-5-2-1-3-6-17/h1-3,5-6,9-10,15,18,20,22H,4,7-8,11-14,16H2,(H,27,30)/t20?,22-/m0/s1. The number of halogens is 1. The fraction of sp³-hybridized carbons (Fsp3) is 0.440. The fourth-order valence-electron chi connectivity index (χ4n) is 4.73. The number of aromatic nitrogens is 1. The van der Waals surface area contributed by atoms with Gasteiger partial charge in [0.05, 0.1) is 18.8 Å². The van der Waals surface area contributed by atoms with Crippen LogP contribution in [0.1, 0.15) is 37.7 Å². The predicted octanol–water partition coefficient (Wildman–Crippen LogP) is 4.95. The van der Waals surface area contributed by atoms with E-state index in [9.17, 15) is 4.79 Å². The number of hydrogen-bond acceptors (Lipinski definition) is 5. The van der Waals surface area contributed by atoms with Crippen LogP contribution in [0.15, 0.2) is 52.9 Å². The van der Waals surface area contributed by atoms with Gasteiger partial charge in [-0.1, -0.05) is 41.9 Å². The Bertz CT molecular complexity index is 1060. The van der Waals surface area contributed by atoms with Gasteiger partial charge in [0, 0.05) is 24.0 Å². The molecular weight excluding hydrogens is 426 g/mol. The molecule has 6 nitrogen and oxygen atoms in total. The number of nitrogens with one attached hydrogen (secondary N) is 1. The molecule has 5 rings (SSSR count). The Morgan fingerprint density at radius 1 is 1.12 bits per heavy atom. The molecule has 1 N–H and O–H groups in total. The van der Waals surface area contributed by atoms with Gasteiger partial charge >= 0.3 is 0 Å². The Morgan fingerprint density at radius 3 is 2.75 bits per heavy atom. The molecular formula is C25H28ClN3O3. The largest absolute Gasteiger partial charge is 0.423 e. The zero-order chi connectivity index (χ0) is 21.9. The van der Waals surface area contributed by atoms with Gasteiger partial charge in [0.25, 0.3) is 6.01 Å². The number of rotatable bonds is 6. The third-order valence-corrected chi connectivity index (χ3v) is 6.80. The van der Waals surface area contributed by atoms with Crippen LogP contribution < -0.4 is 10.2 Å². The average molecular weight is 454 g/mol. The SMILES string of the molecule is O=C(NC1CCC[C@@H]1OCc1ccccc1)C1CCN(c2nc3cc(Cl)ccc3o2)CC1. The van der Waals surface area contributed by atoms with E-state index >= 15 is 0 Å². The highest BCUT2D eigenvalue weighted by Crippen LogP contribution is 2.29. The third kappa shape index (κ3) is 4.76. The first kappa shape index (κ1) is 21.3. The second kappa shape index (κ2) is 9.51. The quantitative estimate of drug-likeness (QED) is 0.571. The Kier molecular flexibility index (Phi) is 6.32. The number of fused-ring (bicyclic) bond motifs is 1. The van der Waals surface area contributed by atoms with Crippen molar-refractivity contribution in [1.29, 1.82) is 0 Å². The maximum absolute atomic E-state index is 13.0. The van der Waals surface area contributed by atoms with E-state index in [2.05, 4.69) is 27.3 Å². The predicted molar refractivity (Wildman–Crippen MR) is 125 cm³/mol. The summed E-state index contributed by atoms with van der Waals surface area (Å²) in [6, 6.07) is 16.3. The number of amides is 1. The Balaban J connectivity index is 1.13. The molecule has 168 valence electrons. The topological polar surface area (TPSA) is 67.6 Å². The molecule has 1 amide bonds. The first-order valence-electron chi connectivity index (χ1n) is 11.4. The molecule has 3 aromatic rings. The molecule has 0 radical (unpaired) electrons. The highest BCUT2D eigenvalue weighted by molar-refractivity contribution is 6.31. The summed E-state index contributed by atoms with van der Waals surface area (Å²) in [6.07, 6.45) is 4.73. The van der Waals surface area contributed by atoms with Gasteiger partial charge in [-0.05, 0) is 55.9 Å². The van der Waals surface area contributed by atoms with E-state index in [0.717, 1.165) is 56.3 Å². The monoisotopic (exact) mass is 453 g/mol. The summed E-state index contributed by atoms with van der Waals surface area (Å²) < 4.78 is 12.0. The van der Waals surface area contributed by atoms with Gasteiger partial charge in [-0.3, -0.25) is 4.79 Å². The second-order valence-corrected chi connectivity index (χ2v) is 9.19. The summed E-state index contributed by atoms with van der Waals surface area (Å²) in [5.74, 6) is 0.162. The van der Waals surface area contributed by atoms with Crippen molar-refractivity contribution < 1.29 is 13.9 Å². The van der Waals surface area contributed by atoms with Crippen molar-refractivity contribution in [3.8, 4) is 0 Å². The normalized spacial score (nSPS) is 21.8. The smallest absolute Gasteiger partial charge is 0.298 e. The maximum atomic E-state index is 13.0. The molecule has 32 heavy (non-hydrogen) atoms.